The van der Waals surface area contributed by atoms with Crippen LogP contribution in [0.25, 0.3) is 5.70 Å². The Balaban J connectivity index is 2.09. The SMILES string of the molecule is N#Cc1cnn2c1NCC=C2c1cccc(C(F)(F)F)c1. The largest absolute Gasteiger partial charge is 0.416 e. The lowest BCUT2D eigenvalue weighted by atomic mass is 10.1. The number of nitrogens with zero attached hydrogens (tertiary/aromatic N) is 3. The van der Waals surface area contributed by atoms with Gasteiger partial charge in [-0.2, -0.15) is 23.5 Å². The van der Waals surface area contributed by atoms with Crippen molar-refractivity contribution in [3.63, 3.8) is 0 Å². The summed E-state index contributed by atoms with van der Waals surface area (Å²) in [5.74, 6) is 0.493. The molecule has 3 rings (SSSR count). The molecule has 1 N–H and O–H groups in total. The number of nitriles is 1. The molecule has 4 nitrogen and oxygen atoms in total. The Kier molecular flexibility index (Phi) is 2.94. The molecule has 2 heterocycles. The minimum absolute atomic E-state index is 0.354. The Morgan fingerprint density at radius 1 is 1.33 bits per heavy atom. The minimum atomic E-state index is -4.39. The van der Waals surface area contributed by atoms with Gasteiger partial charge in [0.25, 0.3) is 0 Å². The standard InChI is InChI=1S/C14H9F3N4/c15-14(16,17)11-3-1-2-9(6-11)12-4-5-19-13-10(7-18)8-20-21(12)13/h1-4,6,8,19H,5H2. The first-order valence-electron chi connectivity index (χ1n) is 6.11. The second kappa shape index (κ2) is 4.66. The number of alkyl halides is 3. The van der Waals surface area contributed by atoms with Gasteiger partial charge < -0.3 is 5.32 Å². The van der Waals surface area contributed by atoms with Crippen LogP contribution in [0.5, 0.6) is 0 Å². The summed E-state index contributed by atoms with van der Waals surface area (Å²) in [5, 5.41) is 16.0. The van der Waals surface area contributed by atoms with Crippen LogP contribution in [0, 0.1) is 11.3 Å². The van der Waals surface area contributed by atoms with Crippen LogP contribution in [0.3, 0.4) is 0 Å². The third kappa shape index (κ3) is 2.25. The molecule has 1 aromatic carbocycles. The van der Waals surface area contributed by atoms with Gasteiger partial charge in [0.05, 0.1) is 17.5 Å². The molecule has 7 heteroatoms. The van der Waals surface area contributed by atoms with E-state index in [1.165, 1.54) is 16.9 Å². The highest BCUT2D eigenvalue weighted by atomic mass is 19.4. The molecule has 0 atom stereocenters. The van der Waals surface area contributed by atoms with Crippen LogP contribution in [-0.2, 0) is 6.18 Å². The number of anilines is 1. The summed E-state index contributed by atoms with van der Waals surface area (Å²) < 4.78 is 39.8. The van der Waals surface area contributed by atoms with Crippen molar-refractivity contribution in [3.8, 4) is 6.07 Å². The highest BCUT2D eigenvalue weighted by Crippen LogP contribution is 2.33. The number of hydrogen-bond acceptors (Lipinski definition) is 3. The molecule has 0 saturated heterocycles. The van der Waals surface area contributed by atoms with Gasteiger partial charge in [-0.3, -0.25) is 0 Å². The highest BCUT2D eigenvalue weighted by Gasteiger charge is 2.31. The molecule has 0 fully saturated rings. The van der Waals surface area contributed by atoms with E-state index in [4.69, 9.17) is 5.26 Å². The first kappa shape index (κ1) is 13.2. The molecule has 0 spiro atoms. The van der Waals surface area contributed by atoms with Crippen molar-refractivity contribution in [2.75, 3.05) is 11.9 Å². The molecule has 0 saturated carbocycles. The van der Waals surface area contributed by atoms with Crippen LogP contribution < -0.4 is 5.32 Å². The Labute approximate surface area is 118 Å². The van der Waals surface area contributed by atoms with Gasteiger partial charge in [0, 0.05) is 12.1 Å². The Hall–Kier alpha value is -2.75. The lowest BCUT2D eigenvalue weighted by Crippen LogP contribution is -2.16. The van der Waals surface area contributed by atoms with E-state index in [2.05, 4.69) is 10.4 Å². The first-order chi connectivity index (χ1) is 10.0. The Bertz CT molecular complexity index is 765. The third-order valence-corrected chi connectivity index (χ3v) is 3.17. The third-order valence-electron chi connectivity index (χ3n) is 3.17. The monoisotopic (exact) mass is 290 g/mol. The number of benzene rings is 1. The van der Waals surface area contributed by atoms with Gasteiger partial charge in [0.15, 0.2) is 0 Å². The van der Waals surface area contributed by atoms with Crippen molar-refractivity contribution >= 4 is 11.5 Å². The summed E-state index contributed by atoms with van der Waals surface area (Å²) in [5.41, 5.74) is 0.567. The van der Waals surface area contributed by atoms with E-state index in [1.807, 2.05) is 6.07 Å². The predicted molar refractivity (Wildman–Crippen MR) is 70.3 cm³/mol. The molecule has 0 radical (unpaired) electrons. The molecule has 1 aliphatic heterocycles. The fourth-order valence-corrected chi connectivity index (χ4v) is 2.21. The summed E-state index contributed by atoms with van der Waals surface area (Å²) >= 11 is 0. The van der Waals surface area contributed by atoms with E-state index < -0.39 is 11.7 Å². The van der Waals surface area contributed by atoms with E-state index >= 15 is 0 Å². The van der Waals surface area contributed by atoms with Crippen LogP contribution in [0.4, 0.5) is 19.0 Å². The van der Waals surface area contributed by atoms with Gasteiger partial charge in [-0.15, -0.1) is 0 Å². The van der Waals surface area contributed by atoms with Crippen LogP contribution in [0.2, 0.25) is 0 Å². The summed E-state index contributed by atoms with van der Waals surface area (Å²) in [6.07, 6.45) is -1.28. The maximum atomic E-state index is 12.8. The van der Waals surface area contributed by atoms with Gasteiger partial charge in [-0.05, 0) is 18.2 Å². The van der Waals surface area contributed by atoms with Crippen molar-refractivity contribution in [3.05, 3.63) is 53.2 Å². The zero-order chi connectivity index (χ0) is 15.0. The quantitative estimate of drug-likeness (QED) is 0.878. The van der Waals surface area contributed by atoms with Crippen molar-refractivity contribution in [2.45, 2.75) is 6.18 Å². The minimum Gasteiger partial charge on any atom is -0.365 e. The number of fused-ring (bicyclic) bond motifs is 1. The van der Waals surface area contributed by atoms with Crippen molar-refractivity contribution in [1.82, 2.24) is 9.78 Å². The fourth-order valence-electron chi connectivity index (χ4n) is 2.21. The number of aromatic nitrogens is 2. The predicted octanol–water partition coefficient (Wildman–Crippen LogP) is 3.09. The summed E-state index contributed by atoms with van der Waals surface area (Å²) in [6, 6.07) is 7.04. The van der Waals surface area contributed by atoms with Crippen LogP contribution in [0.15, 0.2) is 36.5 Å². The van der Waals surface area contributed by atoms with Crippen molar-refractivity contribution in [2.24, 2.45) is 0 Å². The van der Waals surface area contributed by atoms with E-state index in [1.54, 1.807) is 12.1 Å². The Morgan fingerprint density at radius 2 is 2.14 bits per heavy atom. The van der Waals surface area contributed by atoms with Crippen LogP contribution >= 0.6 is 0 Å². The zero-order valence-corrected chi connectivity index (χ0v) is 10.6. The number of hydrogen-bond donors (Lipinski definition) is 1. The normalized spacial score (nSPS) is 13.9. The molecule has 0 amide bonds. The maximum absolute atomic E-state index is 12.8. The molecular formula is C14H9F3N4. The van der Waals surface area contributed by atoms with Gasteiger partial charge in [0.2, 0.25) is 0 Å². The van der Waals surface area contributed by atoms with E-state index in [0.29, 0.717) is 29.2 Å². The smallest absolute Gasteiger partial charge is 0.365 e. The summed E-state index contributed by atoms with van der Waals surface area (Å²) in [7, 11) is 0. The van der Waals surface area contributed by atoms with Gasteiger partial charge in [-0.1, -0.05) is 12.1 Å². The molecule has 0 aliphatic carbocycles. The topological polar surface area (TPSA) is 53.6 Å². The van der Waals surface area contributed by atoms with Crippen LogP contribution in [0.1, 0.15) is 16.7 Å². The second-order valence-corrected chi connectivity index (χ2v) is 4.48. The molecule has 0 unspecified atom stereocenters. The van der Waals surface area contributed by atoms with Gasteiger partial charge in [0.1, 0.15) is 17.5 Å². The second-order valence-electron chi connectivity index (χ2n) is 4.48. The molecular weight excluding hydrogens is 281 g/mol. The summed E-state index contributed by atoms with van der Waals surface area (Å²) in [6.45, 7) is 0.423. The number of nitrogens with one attached hydrogen (secondary N) is 1. The van der Waals surface area contributed by atoms with Crippen molar-refractivity contribution in [1.29, 1.82) is 5.26 Å². The molecule has 1 aliphatic rings. The molecule has 21 heavy (non-hydrogen) atoms. The van der Waals surface area contributed by atoms with E-state index in [0.717, 1.165) is 12.1 Å². The van der Waals surface area contributed by atoms with E-state index in [-0.39, 0.29) is 0 Å². The highest BCUT2D eigenvalue weighted by molar-refractivity contribution is 5.74. The zero-order valence-electron chi connectivity index (χ0n) is 10.6. The average Bonchev–Trinajstić information content (AvgIpc) is 2.89. The van der Waals surface area contributed by atoms with Gasteiger partial charge >= 0.3 is 6.18 Å². The molecule has 1 aromatic heterocycles. The molecule has 0 bridgehead atoms. The van der Waals surface area contributed by atoms with Crippen molar-refractivity contribution < 1.29 is 13.2 Å². The lowest BCUT2D eigenvalue weighted by Gasteiger charge is -2.19. The fraction of sp³-hybridized carbons (Fsp3) is 0.143. The Morgan fingerprint density at radius 3 is 2.86 bits per heavy atom. The van der Waals surface area contributed by atoms with Crippen LogP contribution in [-0.4, -0.2) is 16.3 Å². The van der Waals surface area contributed by atoms with Gasteiger partial charge in [-0.25, -0.2) is 4.68 Å². The lowest BCUT2D eigenvalue weighted by molar-refractivity contribution is -0.137. The summed E-state index contributed by atoms with van der Waals surface area (Å²) in [4.78, 5) is 0. The number of rotatable bonds is 1. The molecule has 106 valence electrons. The number of halogens is 3. The average molecular weight is 290 g/mol. The first-order valence-corrected chi connectivity index (χ1v) is 6.11. The maximum Gasteiger partial charge on any atom is 0.416 e. The van der Waals surface area contributed by atoms with E-state index in [9.17, 15) is 13.2 Å². The molecule has 2 aromatic rings.